The van der Waals surface area contributed by atoms with Crippen molar-refractivity contribution in [2.45, 2.75) is 19.4 Å². The first-order valence-electron chi connectivity index (χ1n) is 9.71. The zero-order valence-corrected chi connectivity index (χ0v) is 16.3. The van der Waals surface area contributed by atoms with E-state index in [1.165, 1.54) is 0 Å². The van der Waals surface area contributed by atoms with E-state index in [1.54, 1.807) is 18.6 Å². The van der Waals surface area contributed by atoms with Crippen molar-refractivity contribution in [3.8, 4) is 0 Å². The molecule has 1 aliphatic rings. The van der Waals surface area contributed by atoms with Crippen molar-refractivity contribution >= 4 is 11.8 Å². The lowest BCUT2D eigenvalue weighted by Gasteiger charge is -2.17. The fourth-order valence-corrected chi connectivity index (χ4v) is 3.75. The van der Waals surface area contributed by atoms with Crippen molar-refractivity contribution in [2.24, 2.45) is 13.0 Å². The molecule has 2 N–H and O–H groups in total. The average Bonchev–Trinajstić information content (AvgIpc) is 3.48. The number of carbonyl (C=O) groups is 2. The van der Waals surface area contributed by atoms with Gasteiger partial charge in [0.1, 0.15) is 5.69 Å². The van der Waals surface area contributed by atoms with Gasteiger partial charge in [-0.3, -0.25) is 19.7 Å². The Balaban J connectivity index is 1.34. The number of aromatic amines is 1. The van der Waals surface area contributed by atoms with E-state index in [9.17, 15) is 9.59 Å². The van der Waals surface area contributed by atoms with Gasteiger partial charge >= 0.3 is 0 Å². The molecule has 1 atom stereocenters. The number of nitrogens with zero attached hydrogens (tertiary/aromatic N) is 4. The Morgan fingerprint density at radius 2 is 2.21 bits per heavy atom. The molecular weight excluding hydrogens is 368 g/mol. The van der Waals surface area contributed by atoms with Crippen LogP contribution in [-0.2, 0) is 20.0 Å². The van der Waals surface area contributed by atoms with Gasteiger partial charge in [0, 0.05) is 44.9 Å². The predicted octanol–water partition coefficient (Wildman–Crippen LogP) is 1.78. The van der Waals surface area contributed by atoms with Crippen molar-refractivity contribution in [3.63, 3.8) is 0 Å². The molecule has 0 aliphatic carbocycles. The van der Waals surface area contributed by atoms with E-state index in [2.05, 4.69) is 20.5 Å². The first-order valence-corrected chi connectivity index (χ1v) is 9.71. The number of hydrogen-bond donors (Lipinski definition) is 2. The van der Waals surface area contributed by atoms with Gasteiger partial charge < -0.3 is 14.8 Å². The molecule has 0 aromatic carbocycles. The summed E-state index contributed by atoms with van der Waals surface area (Å²) in [6.45, 7) is 1.87. The van der Waals surface area contributed by atoms with Gasteiger partial charge in [-0.2, -0.15) is 5.10 Å². The summed E-state index contributed by atoms with van der Waals surface area (Å²) in [6, 6.07) is 7.44. The summed E-state index contributed by atoms with van der Waals surface area (Å²) in [4.78, 5) is 31.2. The molecule has 2 amide bonds. The van der Waals surface area contributed by atoms with Crippen LogP contribution in [0.5, 0.6) is 0 Å². The van der Waals surface area contributed by atoms with Gasteiger partial charge in [-0.05, 0) is 48.6 Å². The highest BCUT2D eigenvalue weighted by Gasteiger charge is 2.28. The third kappa shape index (κ3) is 4.37. The number of nitrogens with one attached hydrogen (secondary N) is 2. The maximum Gasteiger partial charge on any atom is 0.270 e. The van der Waals surface area contributed by atoms with Crippen LogP contribution in [0.15, 0.2) is 49.1 Å². The third-order valence-corrected chi connectivity index (χ3v) is 5.32. The molecule has 1 fully saturated rings. The summed E-state index contributed by atoms with van der Waals surface area (Å²) < 4.78 is 1.85. The second-order valence-electron chi connectivity index (χ2n) is 7.46. The van der Waals surface area contributed by atoms with Crippen LogP contribution >= 0.6 is 0 Å². The molecular formula is C21H24N6O2. The Hall–Kier alpha value is -3.42. The molecule has 1 saturated heterocycles. The van der Waals surface area contributed by atoms with Crippen molar-refractivity contribution in [1.82, 2.24) is 30.0 Å². The molecule has 3 aromatic rings. The van der Waals surface area contributed by atoms with Crippen LogP contribution in [0.1, 0.15) is 38.5 Å². The predicted molar refractivity (Wildman–Crippen MR) is 107 cm³/mol. The van der Waals surface area contributed by atoms with Crippen LogP contribution in [0.4, 0.5) is 0 Å². The molecule has 0 radical (unpaired) electrons. The minimum atomic E-state index is -0.166. The third-order valence-electron chi connectivity index (χ3n) is 5.32. The van der Waals surface area contributed by atoms with Crippen LogP contribution in [0.25, 0.3) is 0 Å². The number of amides is 2. The molecule has 0 spiro atoms. The largest absolute Gasteiger partial charge is 0.347 e. The molecule has 29 heavy (non-hydrogen) atoms. The minimum Gasteiger partial charge on any atom is -0.347 e. The summed E-state index contributed by atoms with van der Waals surface area (Å²) in [6.07, 6.45) is 8.66. The first kappa shape index (κ1) is 18.9. The number of pyridine rings is 1. The molecule has 3 aromatic heterocycles. The Morgan fingerprint density at radius 3 is 2.97 bits per heavy atom. The smallest absolute Gasteiger partial charge is 0.270 e. The maximum absolute atomic E-state index is 12.7. The molecule has 150 valence electrons. The second-order valence-corrected chi connectivity index (χ2v) is 7.46. The topological polar surface area (TPSA) is 95.9 Å². The highest BCUT2D eigenvalue weighted by Crippen LogP contribution is 2.22. The fraction of sp³-hybridized carbons (Fsp3) is 0.333. The van der Waals surface area contributed by atoms with Crippen molar-refractivity contribution in [1.29, 1.82) is 0 Å². The lowest BCUT2D eigenvalue weighted by molar-refractivity contribution is 0.0777. The highest BCUT2D eigenvalue weighted by atomic mass is 16.2. The summed E-state index contributed by atoms with van der Waals surface area (Å²) >= 11 is 0. The molecule has 8 nitrogen and oxygen atoms in total. The molecule has 1 aliphatic heterocycles. The molecule has 1 unspecified atom stereocenters. The quantitative estimate of drug-likeness (QED) is 0.668. The van der Waals surface area contributed by atoms with E-state index in [1.807, 2.05) is 47.0 Å². The van der Waals surface area contributed by atoms with Gasteiger partial charge in [0.2, 0.25) is 0 Å². The Morgan fingerprint density at radius 1 is 1.31 bits per heavy atom. The van der Waals surface area contributed by atoms with E-state index in [0.29, 0.717) is 23.7 Å². The first-order chi connectivity index (χ1) is 14.1. The number of carbonyl (C=O) groups excluding carboxylic acids is 2. The highest BCUT2D eigenvalue weighted by molar-refractivity contribution is 5.94. The Bertz CT molecular complexity index is 994. The van der Waals surface area contributed by atoms with E-state index in [-0.39, 0.29) is 11.8 Å². The van der Waals surface area contributed by atoms with Gasteiger partial charge in [0.05, 0.1) is 17.8 Å². The molecule has 4 heterocycles. The zero-order valence-electron chi connectivity index (χ0n) is 16.3. The number of H-pyrrole nitrogens is 1. The normalized spacial score (nSPS) is 16.2. The summed E-state index contributed by atoms with van der Waals surface area (Å²) in [5.74, 6) is 0.273. The van der Waals surface area contributed by atoms with E-state index in [4.69, 9.17) is 0 Å². The van der Waals surface area contributed by atoms with Crippen LogP contribution in [0.2, 0.25) is 0 Å². The number of hydrogen-bond acceptors (Lipinski definition) is 4. The van der Waals surface area contributed by atoms with E-state index >= 15 is 0 Å². The average molecular weight is 392 g/mol. The molecule has 8 heteroatoms. The minimum absolute atomic E-state index is 0.0741. The number of aromatic nitrogens is 4. The zero-order chi connectivity index (χ0) is 20.2. The van der Waals surface area contributed by atoms with Crippen LogP contribution < -0.4 is 5.32 Å². The van der Waals surface area contributed by atoms with Gasteiger partial charge in [0.25, 0.3) is 11.8 Å². The number of rotatable bonds is 6. The standard InChI is InChI=1S/C21H24N6O2/c1-26-7-2-3-19(26)21(29)27-8-5-15(14-27)9-16-10-17(12-22-11-16)20(28)23-13-18-4-6-24-25-18/h2-4,6-7,10-12,15H,5,8-9,13-14H2,1H3,(H,23,28)(H,24,25). The molecule has 0 saturated carbocycles. The van der Waals surface area contributed by atoms with E-state index < -0.39 is 0 Å². The Kier molecular flexibility index (Phi) is 5.41. The lowest BCUT2D eigenvalue weighted by Crippen LogP contribution is -2.30. The fourth-order valence-electron chi connectivity index (χ4n) is 3.75. The second kappa shape index (κ2) is 8.30. The summed E-state index contributed by atoms with van der Waals surface area (Å²) in [5, 5.41) is 9.54. The van der Waals surface area contributed by atoms with Gasteiger partial charge in [-0.25, -0.2) is 0 Å². The summed E-state index contributed by atoms with van der Waals surface area (Å²) in [7, 11) is 1.88. The van der Waals surface area contributed by atoms with Crippen molar-refractivity contribution < 1.29 is 9.59 Å². The SMILES string of the molecule is Cn1cccc1C(=O)N1CCC(Cc2cncc(C(=O)NCc3ccn[nH]3)c2)C1. The van der Waals surface area contributed by atoms with Gasteiger partial charge in [-0.15, -0.1) is 0 Å². The molecule has 0 bridgehead atoms. The van der Waals surface area contributed by atoms with E-state index in [0.717, 1.165) is 37.2 Å². The van der Waals surface area contributed by atoms with Crippen LogP contribution in [0, 0.1) is 5.92 Å². The van der Waals surface area contributed by atoms with Gasteiger partial charge in [0.15, 0.2) is 0 Å². The van der Waals surface area contributed by atoms with Crippen LogP contribution in [0.3, 0.4) is 0 Å². The number of likely N-dealkylation sites (tertiary alicyclic amines) is 1. The van der Waals surface area contributed by atoms with Crippen LogP contribution in [-0.4, -0.2) is 49.6 Å². The maximum atomic E-state index is 12.7. The van der Waals surface area contributed by atoms with Crippen molar-refractivity contribution in [2.75, 3.05) is 13.1 Å². The lowest BCUT2D eigenvalue weighted by atomic mass is 9.99. The van der Waals surface area contributed by atoms with Gasteiger partial charge in [-0.1, -0.05) is 0 Å². The van der Waals surface area contributed by atoms with Crippen molar-refractivity contribution in [3.05, 3.63) is 71.6 Å². The monoisotopic (exact) mass is 392 g/mol. The number of aryl methyl sites for hydroxylation is 1. The summed E-state index contributed by atoms with van der Waals surface area (Å²) in [5.41, 5.74) is 3.11. The Labute approximate surface area is 168 Å². The molecule has 4 rings (SSSR count).